The summed E-state index contributed by atoms with van der Waals surface area (Å²) in [6.45, 7) is 4.61. The predicted molar refractivity (Wildman–Crippen MR) is 65.6 cm³/mol. The van der Waals surface area contributed by atoms with Gasteiger partial charge in [-0.25, -0.2) is 5.54 Å². The van der Waals surface area contributed by atoms with Crippen LogP contribution in [0, 0.1) is 0 Å². The van der Waals surface area contributed by atoms with E-state index in [-0.39, 0.29) is 5.91 Å². The van der Waals surface area contributed by atoms with Gasteiger partial charge in [-0.05, 0) is 18.2 Å². The third kappa shape index (κ3) is 2.67. The topological polar surface area (TPSA) is 35.6 Å². The molecule has 0 atom stereocenters. The molecular formula is C12H16FN3O. The number of amides is 1. The number of nitrogens with one attached hydrogen (secondary N) is 1. The fourth-order valence-electron chi connectivity index (χ4n) is 2.04. The maximum absolute atomic E-state index is 12.3. The van der Waals surface area contributed by atoms with Gasteiger partial charge in [0, 0.05) is 38.8 Å². The molecule has 17 heavy (non-hydrogen) atoms. The summed E-state index contributed by atoms with van der Waals surface area (Å²) in [4.78, 5) is 15.2. The normalized spacial score (nSPS) is 15.9. The summed E-state index contributed by atoms with van der Waals surface area (Å²) in [7, 11) is 0. The standard InChI is InChI=1S/C12H16FN3O/c1-10(17)15-5-7-16(8-6-15)12-4-2-3-11(9-12)14-13/h2-4,9,14H,5-8H2,1H3. The van der Waals surface area contributed by atoms with Crippen LogP contribution in [0.2, 0.25) is 0 Å². The number of carbonyl (C=O) groups is 1. The van der Waals surface area contributed by atoms with Crippen molar-refractivity contribution in [1.29, 1.82) is 0 Å². The van der Waals surface area contributed by atoms with Gasteiger partial charge in [-0.2, -0.15) is 0 Å². The Kier molecular flexibility index (Phi) is 3.46. The Hall–Kier alpha value is -1.78. The fourth-order valence-corrected chi connectivity index (χ4v) is 2.04. The van der Waals surface area contributed by atoms with Crippen molar-refractivity contribution in [1.82, 2.24) is 4.90 Å². The highest BCUT2D eigenvalue weighted by Crippen LogP contribution is 2.20. The molecule has 0 radical (unpaired) electrons. The molecule has 1 aromatic rings. The molecule has 1 aliphatic heterocycles. The van der Waals surface area contributed by atoms with E-state index in [0.717, 1.165) is 31.9 Å². The van der Waals surface area contributed by atoms with Crippen LogP contribution in [0.25, 0.3) is 0 Å². The number of halogens is 1. The van der Waals surface area contributed by atoms with Crippen molar-refractivity contribution in [3.05, 3.63) is 24.3 Å². The molecule has 1 aliphatic rings. The third-order valence-corrected chi connectivity index (χ3v) is 3.05. The van der Waals surface area contributed by atoms with Gasteiger partial charge in [0.25, 0.3) is 0 Å². The molecule has 1 saturated heterocycles. The molecule has 2 rings (SSSR count). The lowest BCUT2D eigenvalue weighted by Crippen LogP contribution is -2.48. The molecule has 0 spiro atoms. The zero-order valence-corrected chi connectivity index (χ0v) is 9.82. The summed E-state index contributed by atoms with van der Waals surface area (Å²) >= 11 is 0. The van der Waals surface area contributed by atoms with Crippen molar-refractivity contribution in [2.24, 2.45) is 0 Å². The van der Waals surface area contributed by atoms with Gasteiger partial charge >= 0.3 is 0 Å². The van der Waals surface area contributed by atoms with E-state index < -0.39 is 0 Å². The van der Waals surface area contributed by atoms with E-state index in [9.17, 15) is 9.28 Å². The van der Waals surface area contributed by atoms with Crippen molar-refractivity contribution in [2.45, 2.75) is 6.92 Å². The monoisotopic (exact) mass is 237 g/mol. The Morgan fingerprint density at radius 3 is 2.59 bits per heavy atom. The summed E-state index contributed by atoms with van der Waals surface area (Å²) in [6.07, 6.45) is 0. The largest absolute Gasteiger partial charge is 0.368 e. The second-order valence-corrected chi connectivity index (χ2v) is 4.14. The van der Waals surface area contributed by atoms with E-state index in [2.05, 4.69) is 4.90 Å². The minimum atomic E-state index is 0.115. The van der Waals surface area contributed by atoms with Crippen molar-refractivity contribution >= 4 is 17.3 Å². The first-order valence-corrected chi connectivity index (χ1v) is 5.68. The van der Waals surface area contributed by atoms with Gasteiger partial charge < -0.3 is 9.80 Å². The summed E-state index contributed by atoms with van der Waals surface area (Å²) in [5.41, 5.74) is 3.08. The van der Waals surface area contributed by atoms with Gasteiger partial charge in [0.15, 0.2) is 0 Å². The van der Waals surface area contributed by atoms with Crippen LogP contribution in [0.3, 0.4) is 0 Å². The summed E-state index contributed by atoms with van der Waals surface area (Å²) in [6, 6.07) is 7.21. The van der Waals surface area contributed by atoms with Crippen LogP contribution in [0.5, 0.6) is 0 Å². The highest BCUT2D eigenvalue weighted by molar-refractivity contribution is 5.73. The SMILES string of the molecule is CC(=O)N1CCN(c2cccc(NF)c2)CC1. The average Bonchev–Trinajstić information content (AvgIpc) is 2.39. The van der Waals surface area contributed by atoms with Gasteiger partial charge in [0.2, 0.25) is 5.91 Å². The number of hydrogen-bond donors (Lipinski definition) is 1. The molecule has 0 saturated carbocycles. The molecule has 0 aliphatic carbocycles. The molecule has 4 nitrogen and oxygen atoms in total. The highest BCUT2D eigenvalue weighted by Gasteiger charge is 2.18. The van der Waals surface area contributed by atoms with Crippen LogP contribution >= 0.6 is 0 Å². The van der Waals surface area contributed by atoms with E-state index in [1.807, 2.05) is 17.0 Å². The van der Waals surface area contributed by atoms with E-state index in [1.54, 1.807) is 24.6 Å². The van der Waals surface area contributed by atoms with Gasteiger partial charge in [0.1, 0.15) is 0 Å². The first kappa shape index (κ1) is 11.7. The second-order valence-electron chi connectivity index (χ2n) is 4.14. The van der Waals surface area contributed by atoms with Gasteiger partial charge in [0.05, 0.1) is 5.69 Å². The van der Waals surface area contributed by atoms with E-state index in [0.29, 0.717) is 5.69 Å². The summed E-state index contributed by atoms with van der Waals surface area (Å²) in [5, 5.41) is 0. The second kappa shape index (κ2) is 5.03. The Labute approximate surface area is 99.9 Å². The van der Waals surface area contributed by atoms with E-state index >= 15 is 0 Å². The van der Waals surface area contributed by atoms with Gasteiger partial charge in [-0.15, -0.1) is 4.48 Å². The lowest BCUT2D eigenvalue weighted by atomic mass is 10.2. The van der Waals surface area contributed by atoms with Gasteiger partial charge in [-0.3, -0.25) is 4.79 Å². The Morgan fingerprint density at radius 1 is 1.29 bits per heavy atom. The van der Waals surface area contributed by atoms with Crippen LogP contribution in [-0.4, -0.2) is 37.0 Å². The number of rotatable bonds is 2. The van der Waals surface area contributed by atoms with Crippen LogP contribution < -0.4 is 10.4 Å². The highest BCUT2D eigenvalue weighted by atomic mass is 19.2. The first-order valence-electron chi connectivity index (χ1n) is 5.68. The molecule has 1 amide bonds. The number of nitrogens with zero attached hydrogens (tertiary/aromatic N) is 2. The summed E-state index contributed by atoms with van der Waals surface area (Å²) < 4.78 is 12.3. The maximum Gasteiger partial charge on any atom is 0.219 e. The van der Waals surface area contributed by atoms with Crippen LogP contribution in [0.4, 0.5) is 15.9 Å². The molecule has 1 heterocycles. The minimum absolute atomic E-state index is 0.115. The number of hydrogen-bond acceptors (Lipinski definition) is 3. The first-order chi connectivity index (χ1) is 8.20. The Balaban J connectivity index is 2.02. The smallest absolute Gasteiger partial charge is 0.219 e. The van der Waals surface area contributed by atoms with Crippen molar-refractivity contribution < 1.29 is 9.28 Å². The Morgan fingerprint density at radius 2 is 2.00 bits per heavy atom. The zero-order chi connectivity index (χ0) is 12.3. The van der Waals surface area contributed by atoms with Crippen LogP contribution in [0.1, 0.15) is 6.92 Å². The van der Waals surface area contributed by atoms with E-state index in [1.165, 1.54) is 0 Å². The zero-order valence-electron chi connectivity index (χ0n) is 9.82. The predicted octanol–water partition coefficient (Wildman–Crippen LogP) is 1.65. The molecule has 1 aromatic carbocycles. The molecular weight excluding hydrogens is 221 g/mol. The number of anilines is 2. The molecule has 0 bridgehead atoms. The van der Waals surface area contributed by atoms with Crippen molar-refractivity contribution in [3.8, 4) is 0 Å². The van der Waals surface area contributed by atoms with Crippen LogP contribution in [0.15, 0.2) is 24.3 Å². The number of piperazine rings is 1. The fraction of sp³-hybridized carbons (Fsp3) is 0.417. The lowest BCUT2D eigenvalue weighted by Gasteiger charge is -2.35. The molecule has 5 heteroatoms. The number of carbonyl (C=O) groups excluding carboxylic acids is 1. The molecule has 1 fully saturated rings. The molecule has 92 valence electrons. The third-order valence-electron chi connectivity index (χ3n) is 3.05. The number of benzene rings is 1. The minimum Gasteiger partial charge on any atom is -0.368 e. The molecule has 1 N–H and O–H groups in total. The lowest BCUT2D eigenvalue weighted by molar-refractivity contribution is -0.129. The quantitative estimate of drug-likeness (QED) is 0.794. The summed E-state index contributed by atoms with van der Waals surface area (Å²) in [5.74, 6) is 0.115. The Bertz CT molecular complexity index is 402. The average molecular weight is 237 g/mol. The van der Waals surface area contributed by atoms with E-state index in [4.69, 9.17) is 0 Å². The van der Waals surface area contributed by atoms with Crippen molar-refractivity contribution in [3.63, 3.8) is 0 Å². The van der Waals surface area contributed by atoms with Crippen molar-refractivity contribution in [2.75, 3.05) is 36.6 Å². The molecule has 0 unspecified atom stereocenters. The maximum atomic E-state index is 12.3. The van der Waals surface area contributed by atoms with Crippen LogP contribution in [-0.2, 0) is 4.79 Å². The van der Waals surface area contributed by atoms with Gasteiger partial charge in [-0.1, -0.05) is 6.07 Å². The molecule has 0 aromatic heterocycles.